The minimum atomic E-state index is 0. The van der Waals surface area contributed by atoms with E-state index < -0.39 is 0 Å². The lowest BCUT2D eigenvalue weighted by molar-refractivity contribution is 0.0743. The molecule has 2 aliphatic heterocycles. The zero-order valence-electron chi connectivity index (χ0n) is 15.7. The quantitative estimate of drug-likeness (QED) is 0.853. The van der Waals surface area contributed by atoms with Crippen molar-refractivity contribution in [3.8, 4) is 0 Å². The lowest BCUT2D eigenvalue weighted by Crippen LogP contribution is -2.34. The zero-order valence-corrected chi connectivity index (χ0v) is 16.5. The van der Waals surface area contributed by atoms with E-state index in [2.05, 4.69) is 6.92 Å². The van der Waals surface area contributed by atoms with Crippen molar-refractivity contribution >= 4 is 29.2 Å². The number of aromatic nitrogens is 2. The Morgan fingerprint density at radius 3 is 2.85 bits per heavy atom. The molecule has 27 heavy (non-hydrogen) atoms. The molecule has 1 amide bonds. The number of carbonyl (C=O) groups excluding carboxylic acids is 1. The highest BCUT2D eigenvalue weighted by Crippen LogP contribution is 2.25. The monoisotopic (exact) mass is 390 g/mol. The normalized spacial score (nSPS) is 22.2. The lowest BCUT2D eigenvalue weighted by Gasteiger charge is -2.21. The van der Waals surface area contributed by atoms with Crippen molar-refractivity contribution in [1.82, 2.24) is 14.5 Å². The number of halogens is 1. The van der Waals surface area contributed by atoms with Gasteiger partial charge in [0.1, 0.15) is 5.82 Å². The number of likely N-dealkylation sites (tertiary alicyclic amines) is 1. The zero-order chi connectivity index (χ0) is 18.3. The molecule has 0 spiro atoms. The second kappa shape index (κ2) is 7.98. The summed E-state index contributed by atoms with van der Waals surface area (Å²) >= 11 is 0. The summed E-state index contributed by atoms with van der Waals surface area (Å²) in [6.45, 7) is 4.12. The Morgan fingerprint density at radius 2 is 2.11 bits per heavy atom. The van der Waals surface area contributed by atoms with Crippen molar-refractivity contribution in [2.24, 2.45) is 11.7 Å². The summed E-state index contributed by atoms with van der Waals surface area (Å²) in [6, 6.07) is 5.50. The molecule has 1 saturated heterocycles. The molecular formula is C20H27ClN4O2. The van der Waals surface area contributed by atoms with Crippen molar-refractivity contribution in [2.45, 2.75) is 51.6 Å². The third kappa shape index (κ3) is 3.60. The van der Waals surface area contributed by atoms with E-state index in [0.717, 1.165) is 44.5 Å². The van der Waals surface area contributed by atoms with Crippen molar-refractivity contribution in [1.29, 1.82) is 0 Å². The van der Waals surface area contributed by atoms with E-state index >= 15 is 0 Å². The van der Waals surface area contributed by atoms with Gasteiger partial charge in [-0.1, -0.05) is 6.42 Å². The van der Waals surface area contributed by atoms with E-state index in [1.807, 2.05) is 9.47 Å². The van der Waals surface area contributed by atoms with Crippen molar-refractivity contribution in [3.05, 3.63) is 39.9 Å². The summed E-state index contributed by atoms with van der Waals surface area (Å²) in [4.78, 5) is 32.4. The molecule has 0 bridgehead atoms. The molecule has 146 valence electrons. The number of fused-ring (bicyclic) bond motifs is 2. The number of aryl methyl sites for hydroxylation is 1. The Labute approximate surface area is 165 Å². The molecule has 6 nitrogen and oxygen atoms in total. The topological polar surface area (TPSA) is 81.2 Å². The van der Waals surface area contributed by atoms with Gasteiger partial charge in [-0.3, -0.25) is 14.2 Å². The first-order valence-electron chi connectivity index (χ1n) is 9.63. The Bertz CT molecular complexity index is 911. The molecule has 0 saturated carbocycles. The average Bonchev–Trinajstić information content (AvgIpc) is 2.86. The van der Waals surface area contributed by atoms with Crippen LogP contribution in [0.25, 0.3) is 10.9 Å². The molecule has 3 heterocycles. The number of hydrogen-bond donors (Lipinski definition) is 1. The Kier molecular flexibility index (Phi) is 5.86. The van der Waals surface area contributed by atoms with Crippen molar-refractivity contribution < 1.29 is 4.79 Å². The van der Waals surface area contributed by atoms with Crippen LogP contribution in [0.4, 0.5) is 0 Å². The van der Waals surface area contributed by atoms with Gasteiger partial charge in [0, 0.05) is 31.1 Å². The van der Waals surface area contributed by atoms with E-state index in [4.69, 9.17) is 10.7 Å². The van der Waals surface area contributed by atoms with Crippen LogP contribution in [0.15, 0.2) is 23.0 Å². The van der Waals surface area contributed by atoms with Crippen LogP contribution in [0.3, 0.4) is 0 Å². The smallest absolute Gasteiger partial charge is 0.261 e. The predicted octanol–water partition coefficient (Wildman–Crippen LogP) is 2.35. The molecule has 2 aromatic rings. The van der Waals surface area contributed by atoms with Crippen LogP contribution in [-0.4, -0.2) is 39.5 Å². The summed E-state index contributed by atoms with van der Waals surface area (Å²) < 4.78 is 1.81. The molecule has 7 heteroatoms. The van der Waals surface area contributed by atoms with Crippen LogP contribution in [0.2, 0.25) is 0 Å². The van der Waals surface area contributed by atoms with Gasteiger partial charge < -0.3 is 10.6 Å². The Morgan fingerprint density at radius 1 is 1.30 bits per heavy atom. The van der Waals surface area contributed by atoms with Crippen LogP contribution in [-0.2, 0) is 13.0 Å². The SMILES string of the molecule is CC1CC(CN)CN1C(=O)c1ccc2c(=O)n3c(nc2c1)CCCCC3.Cl. The Hall–Kier alpha value is -1.92. The number of nitrogens with zero attached hydrogens (tertiary/aromatic N) is 3. The molecule has 2 atom stereocenters. The minimum absolute atomic E-state index is 0. The molecule has 0 aliphatic carbocycles. The first-order chi connectivity index (χ1) is 12.6. The first kappa shape index (κ1) is 19.8. The summed E-state index contributed by atoms with van der Waals surface area (Å²) in [6.07, 6.45) is 4.97. The van der Waals surface area contributed by atoms with Crippen LogP contribution in [0.1, 0.15) is 48.8 Å². The summed E-state index contributed by atoms with van der Waals surface area (Å²) in [5.74, 6) is 1.22. The van der Waals surface area contributed by atoms with Gasteiger partial charge in [0.15, 0.2) is 0 Å². The van der Waals surface area contributed by atoms with Gasteiger partial charge in [0.25, 0.3) is 11.5 Å². The molecule has 2 N–H and O–H groups in total. The highest BCUT2D eigenvalue weighted by molar-refractivity contribution is 5.98. The van der Waals surface area contributed by atoms with Crippen molar-refractivity contribution in [2.75, 3.05) is 13.1 Å². The van der Waals surface area contributed by atoms with Gasteiger partial charge in [0.2, 0.25) is 0 Å². The van der Waals surface area contributed by atoms with Gasteiger partial charge in [-0.2, -0.15) is 0 Å². The highest BCUT2D eigenvalue weighted by Gasteiger charge is 2.32. The second-order valence-electron chi connectivity index (χ2n) is 7.67. The minimum Gasteiger partial charge on any atom is -0.336 e. The maximum atomic E-state index is 13.0. The van der Waals surface area contributed by atoms with E-state index in [1.54, 1.807) is 18.2 Å². The van der Waals surface area contributed by atoms with E-state index in [9.17, 15) is 9.59 Å². The van der Waals surface area contributed by atoms with Crippen LogP contribution < -0.4 is 11.3 Å². The maximum Gasteiger partial charge on any atom is 0.261 e. The number of benzene rings is 1. The second-order valence-corrected chi connectivity index (χ2v) is 7.67. The largest absolute Gasteiger partial charge is 0.336 e. The average molecular weight is 391 g/mol. The molecular weight excluding hydrogens is 364 g/mol. The third-order valence-electron chi connectivity index (χ3n) is 5.82. The summed E-state index contributed by atoms with van der Waals surface area (Å²) in [5, 5.41) is 0.599. The Balaban J connectivity index is 0.00000210. The fraction of sp³-hybridized carbons (Fsp3) is 0.550. The predicted molar refractivity (Wildman–Crippen MR) is 108 cm³/mol. The fourth-order valence-electron chi connectivity index (χ4n) is 4.31. The van der Waals surface area contributed by atoms with Crippen molar-refractivity contribution in [3.63, 3.8) is 0 Å². The molecule has 2 aliphatic rings. The highest BCUT2D eigenvalue weighted by atomic mass is 35.5. The molecule has 2 unspecified atom stereocenters. The van der Waals surface area contributed by atoms with Gasteiger partial charge in [-0.15, -0.1) is 12.4 Å². The molecule has 4 rings (SSSR count). The van der Waals surface area contributed by atoms with Crippen LogP contribution in [0, 0.1) is 5.92 Å². The maximum absolute atomic E-state index is 13.0. The molecule has 1 fully saturated rings. The van der Waals surface area contributed by atoms with Crippen LogP contribution in [0.5, 0.6) is 0 Å². The van der Waals surface area contributed by atoms with Gasteiger partial charge >= 0.3 is 0 Å². The van der Waals surface area contributed by atoms with E-state index in [1.165, 1.54) is 0 Å². The fourth-order valence-corrected chi connectivity index (χ4v) is 4.31. The third-order valence-corrected chi connectivity index (χ3v) is 5.82. The molecule has 0 radical (unpaired) electrons. The van der Waals surface area contributed by atoms with Gasteiger partial charge in [-0.25, -0.2) is 4.98 Å². The van der Waals surface area contributed by atoms with Gasteiger partial charge in [0.05, 0.1) is 10.9 Å². The number of rotatable bonds is 2. The van der Waals surface area contributed by atoms with Crippen LogP contribution >= 0.6 is 12.4 Å². The molecule has 1 aromatic carbocycles. The number of carbonyl (C=O) groups is 1. The first-order valence-corrected chi connectivity index (χ1v) is 9.63. The van der Waals surface area contributed by atoms with E-state index in [0.29, 0.717) is 35.5 Å². The lowest BCUT2D eigenvalue weighted by atomic mass is 10.1. The number of hydrogen-bond acceptors (Lipinski definition) is 4. The standard InChI is InChI=1S/C20H26N4O2.ClH/c1-13-9-14(11-21)12-24(13)19(25)15-6-7-16-17(10-15)22-18-5-3-2-4-8-23(18)20(16)26;/h6-7,10,13-14H,2-5,8-9,11-12,21H2,1H3;1H. The molecule has 1 aromatic heterocycles. The summed E-state index contributed by atoms with van der Waals surface area (Å²) in [5.41, 5.74) is 7.04. The van der Waals surface area contributed by atoms with Gasteiger partial charge in [-0.05, 0) is 56.8 Å². The van der Waals surface area contributed by atoms with E-state index in [-0.39, 0.29) is 29.9 Å². The summed E-state index contributed by atoms with van der Waals surface area (Å²) in [7, 11) is 0. The number of nitrogens with two attached hydrogens (primary N) is 1. The number of amides is 1.